The Balaban J connectivity index is 1.41. The maximum absolute atomic E-state index is 12.4. The number of fused-ring (bicyclic) bond motifs is 1. The van der Waals surface area contributed by atoms with Crippen molar-refractivity contribution >= 4 is 23.2 Å². The van der Waals surface area contributed by atoms with E-state index < -0.39 is 0 Å². The minimum absolute atomic E-state index is 0.128. The zero-order valence-electron chi connectivity index (χ0n) is 18.1. The van der Waals surface area contributed by atoms with Gasteiger partial charge in [0.25, 0.3) is 5.91 Å². The molecule has 0 atom stereocenters. The zero-order chi connectivity index (χ0) is 22.8. The van der Waals surface area contributed by atoms with Crippen molar-refractivity contribution in [2.24, 2.45) is 0 Å². The molecular formula is C25H22N6O2. The van der Waals surface area contributed by atoms with Gasteiger partial charge < -0.3 is 15.4 Å². The summed E-state index contributed by atoms with van der Waals surface area (Å²) in [6.07, 6.45) is 4.28. The summed E-state index contributed by atoms with van der Waals surface area (Å²) in [7, 11) is 1.55. The van der Waals surface area contributed by atoms with Crippen LogP contribution < -0.4 is 15.4 Å². The molecule has 0 bridgehead atoms. The number of nitriles is 1. The summed E-state index contributed by atoms with van der Waals surface area (Å²) in [4.78, 5) is 17.1. The number of pyridine rings is 1. The van der Waals surface area contributed by atoms with E-state index in [-0.39, 0.29) is 11.9 Å². The monoisotopic (exact) mass is 438 g/mol. The molecule has 1 amide bonds. The second-order valence-corrected chi connectivity index (χ2v) is 7.95. The number of benzene rings is 2. The molecule has 8 nitrogen and oxygen atoms in total. The van der Waals surface area contributed by atoms with Crippen LogP contribution in [0.4, 0.5) is 11.6 Å². The molecule has 8 heteroatoms. The lowest BCUT2D eigenvalue weighted by molar-refractivity contribution is 0.0948. The number of hydrogen-bond acceptors (Lipinski definition) is 6. The first-order valence-electron chi connectivity index (χ1n) is 10.7. The van der Waals surface area contributed by atoms with Crippen LogP contribution in [-0.4, -0.2) is 33.7 Å². The Hall–Kier alpha value is -4.38. The van der Waals surface area contributed by atoms with Crippen molar-refractivity contribution in [3.63, 3.8) is 0 Å². The number of ether oxygens (including phenoxy) is 1. The van der Waals surface area contributed by atoms with Crippen LogP contribution in [0.3, 0.4) is 0 Å². The lowest BCUT2D eigenvalue weighted by atomic mass is 10.0. The Morgan fingerprint density at radius 2 is 2.03 bits per heavy atom. The second kappa shape index (κ2) is 8.63. The van der Waals surface area contributed by atoms with Gasteiger partial charge in [-0.3, -0.25) is 4.79 Å². The van der Waals surface area contributed by atoms with Gasteiger partial charge in [-0.2, -0.15) is 10.2 Å². The standard InChI is InChI=1S/C25H22N6O2/c1-33-22-15-19(10-11-21(22)24(32)27-18-8-9-18)28-25-29-23-20(3-2-14-31(23)30-25)17-6-4-16(5-7-17)12-13-26/h2-7,10-11,14-15,18H,8-9,12H2,1H3,(H,27,32)(H,28,30). The van der Waals surface area contributed by atoms with Gasteiger partial charge in [-0.25, -0.2) is 4.52 Å². The number of methoxy groups -OCH3 is 1. The lowest BCUT2D eigenvalue weighted by Gasteiger charge is -2.11. The van der Waals surface area contributed by atoms with Gasteiger partial charge in [0.05, 0.1) is 25.2 Å². The summed E-state index contributed by atoms with van der Waals surface area (Å²) in [5, 5.41) is 19.6. The highest BCUT2D eigenvalue weighted by molar-refractivity contribution is 5.97. The smallest absolute Gasteiger partial charge is 0.255 e. The van der Waals surface area contributed by atoms with Crippen LogP contribution in [0.15, 0.2) is 60.8 Å². The lowest BCUT2D eigenvalue weighted by Crippen LogP contribution is -2.25. The van der Waals surface area contributed by atoms with Crippen molar-refractivity contribution in [2.45, 2.75) is 25.3 Å². The Labute approximate surface area is 190 Å². The van der Waals surface area contributed by atoms with Crippen molar-refractivity contribution in [1.82, 2.24) is 19.9 Å². The predicted molar refractivity (Wildman–Crippen MR) is 125 cm³/mol. The Bertz CT molecular complexity index is 1370. The number of aromatic nitrogens is 3. The quantitative estimate of drug-likeness (QED) is 0.450. The number of rotatable bonds is 7. The molecule has 33 heavy (non-hydrogen) atoms. The number of amides is 1. The molecule has 1 aliphatic carbocycles. The molecule has 0 radical (unpaired) electrons. The van der Waals surface area contributed by atoms with Crippen LogP contribution >= 0.6 is 0 Å². The maximum Gasteiger partial charge on any atom is 0.255 e. The van der Waals surface area contributed by atoms with Crippen LogP contribution in [0.2, 0.25) is 0 Å². The van der Waals surface area contributed by atoms with Crippen molar-refractivity contribution < 1.29 is 9.53 Å². The third-order valence-electron chi connectivity index (χ3n) is 5.53. The van der Waals surface area contributed by atoms with Gasteiger partial charge >= 0.3 is 0 Å². The minimum atomic E-state index is -0.128. The molecule has 2 heterocycles. The summed E-state index contributed by atoms with van der Waals surface area (Å²) < 4.78 is 7.16. The molecule has 1 saturated carbocycles. The molecule has 0 aliphatic heterocycles. The predicted octanol–water partition coefficient (Wildman–Crippen LogP) is 4.11. The third kappa shape index (κ3) is 4.34. The fourth-order valence-electron chi connectivity index (χ4n) is 3.65. The van der Waals surface area contributed by atoms with Crippen LogP contribution in [0.5, 0.6) is 5.75 Å². The Morgan fingerprint density at radius 3 is 2.76 bits per heavy atom. The fourth-order valence-corrected chi connectivity index (χ4v) is 3.65. The molecule has 1 fully saturated rings. The van der Waals surface area contributed by atoms with E-state index >= 15 is 0 Å². The van der Waals surface area contributed by atoms with E-state index in [9.17, 15) is 4.79 Å². The van der Waals surface area contributed by atoms with Crippen LogP contribution in [0, 0.1) is 11.3 Å². The van der Waals surface area contributed by atoms with Gasteiger partial charge in [0.15, 0.2) is 5.65 Å². The second-order valence-electron chi connectivity index (χ2n) is 7.95. The summed E-state index contributed by atoms with van der Waals surface area (Å²) in [5.74, 6) is 0.790. The number of carbonyl (C=O) groups is 1. The zero-order valence-corrected chi connectivity index (χ0v) is 18.1. The summed E-state index contributed by atoms with van der Waals surface area (Å²) in [6.45, 7) is 0. The molecule has 5 rings (SSSR count). The normalized spacial score (nSPS) is 12.8. The van der Waals surface area contributed by atoms with E-state index in [1.165, 1.54) is 0 Å². The molecular weight excluding hydrogens is 416 g/mol. The van der Waals surface area contributed by atoms with Gasteiger partial charge in [0.1, 0.15) is 5.75 Å². The fraction of sp³-hybridized carbons (Fsp3) is 0.200. The maximum atomic E-state index is 12.4. The van der Waals surface area contributed by atoms with Crippen molar-refractivity contribution in [2.75, 3.05) is 12.4 Å². The average Bonchev–Trinajstić information content (AvgIpc) is 3.55. The van der Waals surface area contributed by atoms with E-state index in [2.05, 4.69) is 26.8 Å². The van der Waals surface area contributed by atoms with E-state index in [1.54, 1.807) is 23.8 Å². The molecule has 0 spiro atoms. The number of nitrogens with one attached hydrogen (secondary N) is 2. The van der Waals surface area contributed by atoms with Gasteiger partial charge in [0.2, 0.25) is 5.95 Å². The molecule has 1 aliphatic rings. The molecule has 2 aromatic heterocycles. The topological polar surface area (TPSA) is 104 Å². The van der Waals surface area contributed by atoms with Gasteiger partial charge in [-0.1, -0.05) is 24.3 Å². The largest absolute Gasteiger partial charge is 0.496 e. The van der Waals surface area contributed by atoms with Gasteiger partial charge in [-0.15, -0.1) is 5.10 Å². The van der Waals surface area contributed by atoms with Crippen LogP contribution in [0.1, 0.15) is 28.8 Å². The Morgan fingerprint density at radius 1 is 1.21 bits per heavy atom. The number of nitrogens with zero attached hydrogens (tertiary/aromatic N) is 4. The van der Waals surface area contributed by atoms with E-state index in [4.69, 9.17) is 10.00 Å². The van der Waals surface area contributed by atoms with Crippen molar-refractivity contribution in [1.29, 1.82) is 5.26 Å². The van der Waals surface area contributed by atoms with Crippen molar-refractivity contribution in [3.8, 4) is 22.9 Å². The summed E-state index contributed by atoms with van der Waals surface area (Å²) >= 11 is 0. The highest BCUT2D eigenvalue weighted by atomic mass is 16.5. The first-order valence-corrected chi connectivity index (χ1v) is 10.7. The summed E-state index contributed by atoms with van der Waals surface area (Å²) in [6, 6.07) is 19.5. The highest BCUT2D eigenvalue weighted by Crippen LogP contribution is 2.28. The van der Waals surface area contributed by atoms with Gasteiger partial charge in [0, 0.05) is 29.6 Å². The number of carbonyl (C=O) groups excluding carboxylic acids is 1. The molecule has 2 aromatic carbocycles. The molecule has 2 N–H and O–H groups in total. The van der Waals surface area contributed by atoms with E-state index in [0.717, 1.165) is 29.5 Å². The highest BCUT2D eigenvalue weighted by Gasteiger charge is 2.25. The average molecular weight is 438 g/mol. The summed E-state index contributed by atoms with van der Waals surface area (Å²) in [5.41, 5.74) is 4.83. The third-order valence-corrected chi connectivity index (χ3v) is 5.53. The van der Waals surface area contributed by atoms with Gasteiger partial charge in [-0.05, 0) is 48.2 Å². The van der Waals surface area contributed by atoms with Crippen LogP contribution in [0.25, 0.3) is 16.8 Å². The molecule has 0 saturated heterocycles. The minimum Gasteiger partial charge on any atom is -0.496 e. The van der Waals surface area contributed by atoms with Crippen LogP contribution in [-0.2, 0) is 6.42 Å². The van der Waals surface area contributed by atoms with E-state index in [0.29, 0.717) is 35.0 Å². The SMILES string of the molecule is COc1cc(Nc2nc3c(-c4ccc(CC#N)cc4)cccn3n2)ccc1C(=O)NC1CC1. The van der Waals surface area contributed by atoms with E-state index in [1.807, 2.05) is 48.7 Å². The van der Waals surface area contributed by atoms with Crippen molar-refractivity contribution in [3.05, 3.63) is 71.9 Å². The first kappa shape index (κ1) is 20.5. The number of hydrogen-bond donors (Lipinski definition) is 2. The number of anilines is 2. The Kier molecular flexibility index (Phi) is 5.37. The molecule has 164 valence electrons. The first-order chi connectivity index (χ1) is 16.1. The molecule has 0 unspecified atom stereocenters. The molecule has 4 aromatic rings.